The summed E-state index contributed by atoms with van der Waals surface area (Å²) in [5, 5.41) is 49.4. The third-order valence-corrected chi connectivity index (χ3v) is 13.4. The van der Waals surface area contributed by atoms with Crippen LogP contribution in [-0.4, -0.2) is 181 Å². The maximum atomic E-state index is 14.3. The number of nitrogens with one attached hydrogen (secondary N) is 11. The van der Waals surface area contributed by atoms with E-state index >= 15 is 0 Å². The molecule has 1 aliphatic heterocycles. The van der Waals surface area contributed by atoms with Gasteiger partial charge >= 0.3 is 0 Å². The van der Waals surface area contributed by atoms with Crippen molar-refractivity contribution in [2.24, 2.45) is 28.9 Å². The summed E-state index contributed by atoms with van der Waals surface area (Å²) < 4.78 is 0. The van der Waals surface area contributed by atoms with Crippen molar-refractivity contribution in [3.05, 3.63) is 35.9 Å². The normalized spacial score (nSPS) is 22.9. The minimum absolute atomic E-state index is 0.00791. The summed E-state index contributed by atoms with van der Waals surface area (Å²) in [6.07, 6.45) is 0.413. The van der Waals surface area contributed by atoms with Crippen LogP contribution >= 0.6 is 0 Å². The average Bonchev–Trinajstić information content (AvgIpc) is 3.42. The molecule has 0 radical (unpaired) electrons. The predicted octanol–water partition coefficient (Wildman–Crippen LogP) is -4.82. The van der Waals surface area contributed by atoms with Crippen LogP contribution in [-0.2, 0) is 59.2 Å². The van der Waals surface area contributed by atoms with E-state index in [0.29, 0.717) is 12.0 Å². The van der Waals surface area contributed by atoms with Gasteiger partial charge in [-0.2, -0.15) is 0 Å². The van der Waals surface area contributed by atoms with Gasteiger partial charge in [0.15, 0.2) is 0 Å². The second kappa shape index (κ2) is 38.0. The Balaban J connectivity index is 2.61. The van der Waals surface area contributed by atoms with Crippen molar-refractivity contribution in [3.63, 3.8) is 0 Å². The number of amides is 11. The number of nitrogens with two attached hydrogens (primary N) is 4. The van der Waals surface area contributed by atoms with E-state index in [2.05, 4.69) is 65.4 Å². The summed E-state index contributed by atoms with van der Waals surface area (Å²) in [6.45, 7) is 8.43. The summed E-state index contributed by atoms with van der Waals surface area (Å²) in [7, 11) is 0. The third kappa shape index (κ3) is 25.5. The first-order valence-corrected chi connectivity index (χ1v) is 28.4. The summed E-state index contributed by atoms with van der Waals surface area (Å²) in [4.78, 5) is 152. The van der Waals surface area contributed by atoms with E-state index in [1.54, 1.807) is 44.2 Å². The molecule has 0 bridgehead atoms. The van der Waals surface area contributed by atoms with Crippen molar-refractivity contribution in [1.82, 2.24) is 58.5 Å². The van der Waals surface area contributed by atoms with Gasteiger partial charge in [0.25, 0.3) is 0 Å². The molecule has 1 heterocycles. The second-order valence-corrected chi connectivity index (χ2v) is 21.0. The standard InChI is InChI=1S/C54H93N15O13/c1-7-8-9-10-14-17-42(72)61-35(18-23-55)49(77)69-44(33(6)71)54(82)65-37(20-25-57)48(76)64-39-22-27-59-53(81)43(32(5)70)68-50(78)38(21-26-58)62-47(75)36(19-24-56)63-51(79)40(28-30(2)3)67-52(80)41(29-34-15-12-11-13-16-34)66-45(73)31(4)60-46(39)74/h11-13,15-16,30-33,35-41,43-44,70-71H,7-10,14,17-29,55-58H2,1-6H3,(H,59,81)(H,60,74)(H,61,72)(H,62,75)(H,63,79)(H,64,76)(H,65,82)(H,66,73)(H,67,80)(H,68,78)(H,69,77)/t31-,32+,33+,35-,36-,37-,38-,39-,40-,41+,43-,44-/m0/s1. The highest BCUT2D eigenvalue weighted by Crippen LogP contribution is 2.12. The molecule has 1 aromatic carbocycles. The molecule has 0 saturated carbocycles. The first-order valence-electron chi connectivity index (χ1n) is 28.4. The molecular weight excluding hydrogens is 1070 g/mol. The molecule has 1 fully saturated rings. The zero-order valence-electron chi connectivity index (χ0n) is 48.3. The van der Waals surface area contributed by atoms with Crippen LogP contribution in [0.4, 0.5) is 0 Å². The minimum atomic E-state index is -1.68. The second-order valence-electron chi connectivity index (χ2n) is 21.0. The van der Waals surface area contributed by atoms with Gasteiger partial charge in [-0.3, -0.25) is 52.7 Å². The summed E-state index contributed by atoms with van der Waals surface area (Å²) in [6, 6.07) is -5.95. The number of hydrogen-bond donors (Lipinski definition) is 17. The van der Waals surface area contributed by atoms with Crippen LogP contribution in [0.1, 0.15) is 124 Å². The van der Waals surface area contributed by atoms with Crippen LogP contribution in [0.25, 0.3) is 0 Å². The maximum absolute atomic E-state index is 14.3. The van der Waals surface area contributed by atoms with E-state index in [9.17, 15) is 63.0 Å². The van der Waals surface area contributed by atoms with E-state index in [1.807, 2.05) is 0 Å². The number of aliphatic hydroxyl groups is 2. The van der Waals surface area contributed by atoms with Crippen LogP contribution < -0.4 is 81.4 Å². The molecule has 0 unspecified atom stereocenters. The van der Waals surface area contributed by atoms with Gasteiger partial charge in [-0.15, -0.1) is 0 Å². The fourth-order valence-electron chi connectivity index (χ4n) is 8.72. The Morgan fingerprint density at radius 1 is 0.598 bits per heavy atom. The highest BCUT2D eigenvalue weighted by atomic mass is 16.3. The number of carbonyl (C=O) groups excluding carboxylic acids is 11. The molecule has 0 aromatic heterocycles. The fraction of sp³-hybridized carbons (Fsp3) is 0.685. The molecule has 11 amide bonds. The van der Waals surface area contributed by atoms with Crippen molar-refractivity contribution >= 4 is 65.0 Å². The van der Waals surface area contributed by atoms with Gasteiger partial charge < -0.3 is 91.6 Å². The van der Waals surface area contributed by atoms with Gasteiger partial charge in [-0.25, -0.2) is 0 Å². The molecule has 1 saturated heterocycles. The molecule has 1 aliphatic rings. The fourth-order valence-corrected chi connectivity index (χ4v) is 8.72. The zero-order valence-corrected chi connectivity index (χ0v) is 48.3. The number of carbonyl (C=O) groups is 11. The first-order chi connectivity index (χ1) is 38.9. The molecule has 1 aromatic rings. The Morgan fingerprint density at radius 3 is 1.68 bits per heavy atom. The molecule has 12 atom stereocenters. The van der Waals surface area contributed by atoms with Crippen molar-refractivity contribution in [1.29, 1.82) is 0 Å². The zero-order chi connectivity index (χ0) is 61.5. The van der Waals surface area contributed by atoms with E-state index in [1.165, 1.54) is 20.8 Å². The SMILES string of the molecule is CCCCCCCC(=O)N[C@@H](CCN)C(=O)N[C@H](C(=O)N[C@@H](CCN)C(=O)N[C@H]1CCNC(=O)[C@H]([C@@H](C)O)NC(=O)[C@H](CCN)NC(=O)[C@H](CCN)NC(=O)[C@H](CC(C)C)NC(=O)[C@@H](Cc2ccccc2)NC(=O)[C@H](C)NC1=O)[C@@H](C)O. The summed E-state index contributed by atoms with van der Waals surface area (Å²) >= 11 is 0. The van der Waals surface area contributed by atoms with Gasteiger partial charge in [0.2, 0.25) is 65.0 Å². The number of benzene rings is 1. The van der Waals surface area contributed by atoms with Gasteiger partial charge in [0, 0.05) is 19.4 Å². The molecule has 21 N–H and O–H groups in total. The Labute approximate surface area is 480 Å². The van der Waals surface area contributed by atoms with Gasteiger partial charge in [0.1, 0.15) is 60.4 Å². The van der Waals surface area contributed by atoms with E-state index in [-0.39, 0.29) is 77.0 Å². The molecule has 2 rings (SSSR count). The van der Waals surface area contributed by atoms with Crippen LogP contribution in [0.2, 0.25) is 0 Å². The lowest BCUT2D eigenvalue weighted by Gasteiger charge is -2.28. The minimum Gasteiger partial charge on any atom is -0.391 e. The van der Waals surface area contributed by atoms with Crippen molar-refractivity contribution in [2.45, 2.75) is 198 Å². The maximum Gasteiger partial charge on any atom is 0.245 e. The van der Waals surface area contributed by atoms with Crippen LogP contribution in [0.3, 0.4) is 0 Å². The molecule has 82 heavy (non-hydrogen) atoms. The van der Waals surface area contributed by atoms with Crippen LogP contribution in [0.5, 0.6) is 0 Å². The Bertz CT molecular complexity index is 2240. The molecule has 462 valence electrons. The number of hydrogen-bond acceptors (Lipinski definition) is 17. The molecule has 0 spiro atoms. The van der Waals surface area contributed by atoms with Crippen molar-refractivity contribution in [3.8, 4) is 0 Å². The Kier molecular flexibility index (Phi) is 33.0. The lowest BCUT2D eigenvalue weighted by Crippen LogP contribution is -2.61. The quantitative estimate of drug-likeness (QED) is 0.0368. The summed E-state index contributed by atoms with van der Waals surface area (Å²) in [5.74, 6) is -9.77. The van der Waals surface area contributed by atoms with Crippen molar-refractivity contribution in [2.75, 3.05) is 32.7 Å². The third-order valence-electron chi connectivity index (χ3n) is 13.4. The highest BCUT2D eigenvalue weighted by Gasteiger charge is 2.37. The molecule has 28 heteroatoms. The smallest absolute Gasteiger partial charge is 0.245 e. The van der Waals surface area contributed by atoms with Crippen molar-refractivity contribution < 1.29 is 63.0 Å². The van der Waals surface area contributed by atoms with E-state index in [0.717, 1.165) is 25.7 Å². The number of unbranched alkanes of at least 4 members (excludes halogenated alkanes) is 4. The topological polar surface area (TPSA) is 465 Å². The van der Waals surface area contributed by atoms with E-state index in [4.69, 9.17) is 22.9 Å². The van der Waals surface area contributed by atoms with Crippen LogP contribution in [0, 0.1) is 5.92 Å². The molecule has 28 nitrogen and oxygen atoms in total. The Hall–Kier alpha value is -6.85. The lowest BCUT2D eigenvalue weighted by atomic mass is 10.00. The highest BCUT2D eigenvalue weighted by molar-refractivity contribution is 5.99. The predicted molar refractivity (Wildman–Crippen MR) is 304 cm³/mol. The first kappa shape index (κ1) is 71.3. The molecular formula is C54H93N15O13. The average molecular weight is 1160 g/mol. The monoisotopic (exact) mass is 1160 g/mol. The van der Waals surface area contributed by atoms with Gasteiger partial charge in [0.05, 0.1) is 12.2 Å². The Morgan fingerprint density at radius 2 is 1.13 bits per heavy atom. The largest absolute Gasteiger partial charge is 0.391 e. The van der Waals surface area contributed by atoms with Gasteiger partial charge in [-0.1, -0.05) is 76.8 Å². The van der Waals surface area contributed by atoms with Gasteiger partial charge in [-0.05, 0) is 103 Å². The number of aliphatic hydroxyl groups excluding tert-OH is 2. The lowest BCUT2D eigenvalue weighted by molar-refractivity contribution is -0.137. The van der Waals surface area contributed by atoms with E-state index < -0.39 is 151 Å². The van der Waals surface area contributed by atoms with Crippen LogP contribution in [0.15, 0.2) is 30.3 Å². The number of rotatable bonds is 27. The molecule has 0 aliphatic carbocycles. The summed E-state index contributed by atoms with van der Waals surface area (Å²) in [5.41, 5.74) is 23.9.